The highest BCUT2D eigenvalue weighted by Gasteiger charge is 2.12. The van der Waals surface area contributed by atoms with E-state index in [1.165, 1.54) is 6.20 Å². The van der Waals surface area contributed by atoms with Gasteiger partial charge in [-0.3, -0.25) is 0 Å². The Morgan fingerprint density at radius 2 is 2.00 bits per heavy atom. The molecule has 1 N–H and O–H groups in total. The molecule has 1 aromatic heterocycles. The van der Waals surface area contributed by atoms with E-state index in [9.17, 15) is 4.39 Å². The Hall–Kier alpha value is -2.14. The summed E-state index contributed by atoms with van der Waals surface area (Å²) in [5, 5.41) is 3.17. The van der Waals surface area contributed by atoms with Crippen molar-refractivity contribution in [3.05, 3.63) is 47.9 Å². The summed E-state index contributed by atoms with van der Waals surface area (Å²) >= 11 is 0. The van der Waals surface area contributed by atoms with Gasteiger partial charge in [-0.05, 0) is 18.2 Å². The van der Waals surface area contributed by atoms with Crippen molar-refractivity contribution in [3.8, 4) is 17.4 Å². The van der Waals surface area contributed by atoms with Crippen LogP contribution in [0.4, 0.5) is 4.39 Å². The Morgan fingerprint density at radius 1 is 1.24 bits per heavy atom. The van der Waals surface area contributed by atoms with Gasteiger partial charge < -0.3 is 14.8 Å². The first-order valence-electron chi connectivity index (χ1n) is 6.79. The average molecular weight is 290 g/mol. The fourth-order valence-electron chi connectivity index (χ4n) is 1.76. The average Bonchev–Trinajstić information content (AvgIpc) is 2.48. The molecule has 21 heavy (non-hydrogen) atoms. The Bertz CT molecular complexity index is 603. The number of hydrogen-bond acceptors (Lipinski definition) is 4. The van der Waals surface area contributed by atoms with Gasteiger partial charge in [0.25, 0.3) is 5.88 Å². The molecule has 5 heteroatoms. The van der Waals surface area contributed by atoms with Crippen LogP contribution in [0.15, 0.2) is 36.5 Å². The van der Waals surface area contributed by atoms with E-state index in [1.54, 1.807) is 37.4 Å². The van der Waals surface area contributed by atoms with Gasteiger partial charge >= 0.3 is 0 Å². The van der Waals surface area contributed by atoms with Crippen molar-refractivity contribution < 1.29 is 13.9 Å². The van der Waals surface area contributed by atoms with E-state index in [-0.39, 0.29) is 11.9 Å². The van der Waals surface area contributed by atoms with E-state index in [2.05, 4.69) is 10.3 Å². The van der Waals surface area contributed by atoms with Gasteiger partial charge in [0.05, 0.1) is 7.11 Å². The van der Waals surface area contributed by atoms with Crippen LogP contribution in [0.3, 0.4) is 0 Å². The topological polar surface area (TPSA) is 43.4 Å². The minimum absolute atomic E-state index is 0.0358. The Kier molecular flexibility index (Phi) is 5.11. The number of hydrogen-bond donors (Lipinski definition) is 1. The Labute approximate surface area is 123 Å². The minimum Gasteiger partial charge on any atom is -0.497 e. The second-order valence-corrected chi connectivity index (χ2v) is 4.91. The number of halogens is 1. The SMILES string of the molecule is COc1cccc(Oc2nccc(CNC(C)C)c2F)c1. The molecule has 0 saturated heterocycles. The Balaban J connectivity index is 2.17. The molecule has 0 radical (unpaired) electrons. The molecule has 0 unspecified atom stereocenters. The van der Waals surface area contributed by atoms with Crippen LogP contribution in [0.25, 0.3) is 0 Å². The van der Waals surface area contributed by atoms with Crippen molar-refractivity contribution in [2.75, 3.05) is 7.11 Å². The standard InChI is InChI=1S/C16H19FN2O2/c1-11(2)19-10-12-7-8-18-16(15(12)17)21-14-6-4-5-13(9-14)20-3/h4-9,11,19H,10H2,1-3H3. The van der Waals surface area contributed by atoms with Crippen LogP contribution in [0.5, 0.6) is 17.4 Å². The summed E-state index contributed by atoms with van der Waals surface area (Å²) in [5.41, 5.74) is 0.525. The third kappa shape index (κ3) is 4.16. The monoisotopic (exact) mass is 290 g/mol. The molecule has 0 aliphatic rings. The highest BCUT2D eigenvalue weighted by atomic mass is 19.1. The number of benzene rings is 1. The van der Waals surface area contributed by atoms with E-state index in [4.69, 9.17) is 9.47 Å². The second kappa shape index (κ2) is 7.04. The van der Waals surface area contributed by atoms with Crippen molar-refractivity contribution in [1.29, 1.82) is 0 Å². The predicted molar refractivity (Wildman–Crippen MR) is 79.2 cm³/mol. The molecule has 0 atom stereocenters. The maximum atomic E-state index is 14.3. The number of nitrogens with one attached hydrogen (secondary N) is 1. The Morgan fingerprint density at radius 3 is 2.71 bits per heavy atom. The van der Waals surface area contributed by atoms with Gasteiger partial charge in [-0.25, -0.2) is 9.37 Å². The lowest BCUT2D eigenvalue weighted by molar-refractivity contribution is 0.397. The molecule has 4 nitrogen and oxygen atoms in total. The lowest BCUT2D eigenvalue weighted by atomic mass is 10.2. The summed E-state index contributed by atoms with van der Waals surface area (Å²) in [6.07, 6.45) is 1.54. The number of pyridine rings is 1. The molecule has 112 valence electrons. The first-order valence-corrected chi connectivity index (χ1v) is 6.79. The zero-order valence-electron chi connectivity index (χ0n) is 12.4. The highest BCUT2D eigenvalue weighted by Crippen LogP contribution is 2.26. The molecule has 0 aliphatic carbocycles. The summed E-state index contributed by atoms with van der Waals surface area (Å²) in [6.45, 7) is 4.44. The lowest BCUT2D eigenvalue weighted by Crippen LogP contribution is -2.22. The van der Waals surface area contributed by atoms with Crippen LogP contribution >= 0.6 is 0 Å². The van der Waals surface area contributed by atoms with E-state index in [0.29, 0.717) is 23.6 Å². The molecule has 1 heterocycles. The van der Waals surface area contributed by atoms with E-state index < -0.39 is 5.82 Å². The molecule has 0 amide bonds. The van der Waals surface area contributed by atoms with Crippen LogP contribution in [-0.4, -0.2) is 18.1 Å². The van der Waals surface area contributed by atoms with Gasteiger partial charge in [-0.15, -0.1) is 0 Å². The number of rotatable bonds is 6. The summed E-state index contributed by atoms with van der Waals surface area (Å²) in [4.78, 5) is 3.95. The zero-order chi connectivity index (χ0) is 15.2. The fraction of sp³-hybridized carbons (Fsp3) is 0.312. The third-order valence-corrected chi connectivity index (χ3v) is 2.89. The second-order valence-electron chi connectivity index (χ2n) is 4.91. The van der Waals surface area contributed by atoms with Crippen molar-refractivity contribution >= 4 is 0 Å². The van der Waals surface area contributed by atoms with Gasteiger partial charge in [-0.1, -0.05) is 19.9 Å². The number of nitrogens with zero attached hydrogens (tertiary/aromatic N) is 1. The van der Waals surface area contributed by atoms with Crippen molar-refractivity contribution in [3.63, 3.8) is 0 Å². The molecule has 1 aromatic carbocycles. The smallest absolute Gasteiger partial charge is 0.256 e. The van der Waals surface area contributed by atoms with Crippen molar-refractivity contribution in [2.45, 2.75) is 26.4 Å². The minimum atomic E-state index is -0.450. The summed E-state index contributed by atoms with van der Waals surface area (Å²) in [7, 11) is 1.57. The molecule has 0 aliphatic heterocycles. The van der Waals surface area contributed by atoms with Crippen LogP contribution in [-0.2, 0) is 6.54 Å². The number of ether oxygens (including phenoxy) is 2. The summed E-state index contributed by atoms with van der Waals surface area (Å²) < 4.78 is 24.9. The predicted octanol–water partition coefficient (Wildman–Crippen LogP) is 3.52. The van der Waals surface area contributed by atoms with Crippen LogP contribution in [0.1, 0.15) is 19.4 Å². The van der Waals surface area contributed by atoms with E-state index in [1.807, 2.05) is 13.8 Å². The van der Waals surface area contributed by atoms with Crippen molar-refractivity contribution in [2.24, 2.45) is 0 Å². The number of methoxy groups -OCH3 is 1. The largest absolute Gasteiger partial charge is 0.497 e. The zero-order valence-corrected chi connectivity index (χ0v) is 12.4. The van der Waals surface area contributed by atoms with Crippen molar-refractivity contribution in [1.82, 2.24) is 10.3 Å². The van der Waals surface area contributed by atoms with E-state index >= 15 is 0 Å². The van der Waals surface area contributed by atoms with Crippen LogP contribution in [0, 0.1) is 5.82 Å². The van der Waals surface area contributed by atoms with Gasteiger partial charge in [0, 0.05) is 30.4 Å². The fourth-order valence-corrected chi connectivity index (χ4v) is 1.76. The first-order chi connectivity index (χ1) is 10.1. The van der Waals surface area contributed by atoms with Crippen LogP contribution in [0.2, 0.25) is 0 Å². The van der Waals surface area contributed by atoms with Gasteiger partial charge in [0.15, 0.2) is 5.82 Å². The molecule has 0 bridgehead atoms. The maximum Gasteiger partial charge on any atom is 0.256 e. The molecular formula is C16H19FN2O2. The van der Waals surface area contributed by atoms with Gasteiger partial charge in [0.1, 0.15) is 11.5 Å². The first kappa shape index (κ1) is 15.3. The third-order valence-electron chi connectivity index (χ3n) is 2.89. The summed E-state index contributed by atoms with van der Waals surface area (Å²) in [5.74, 6) is 0.639. The quantitative estimate of drug-likeness (QED) is 0.884. The normalized spacial score (nSPS) is 10.7. The molecule has 2 rings (SSSR count). The lowest BCUT2D eigenvalue weighted by Gasteiger charge is -2.11. The highest BCUT2D eigenvalue weighted by molar-refractivity contribution is 5.36. The molecule has 0 fully saturated rings. The summed E-state index contributed by atoms with van der Waals surface area (Å²) in [6, 6.07) is 8.89. The molecule has 0 spiro atoms. The van der Waals surface area contributed by atoms with Gasteiger partial charge in [0.2, 0.25) is 0 Å². The maximum absolute atomic E-state index is 14.3. The van der Waals surface area contributed by atoms with Gasteiger partial charge in [-0.2, -0.15) is 0 Å². The molecule has 0 saturated carbocycles. The van der Waals surface area contributed by atoms with Crippen LogP contribution < -0.4 is 14.8 Å². The molecular weight excluding hydrogens is 271 g/mol. The number of aromatic nitrogens is 1. The van der Waals surface area contributed by atoms with E-state index in [0.717, 1.165) is 0 Å². The molecule has 2 aromatic rings.